The van der Waals surface area contributed by atoms with Crippen LogP contribution in [0.1, 0.15) is 77.1 Å². The summed E-state index contributed by atoms with van der Waals surface area (Å²) in [6.45, 7) is 12.2. The predicted molar refractivity (Wildman–Crippen MR) is 481 cm³/mol. The van der Waals surface area contributed by atoms with Gasteiger partial charge in [-0.15, -0.1) is 0 Å². The summed E-state index contributed by atoms with van der Waals surface area (Å²) in [6, 6.07) is 61.2. The SMILES string of the molecule is COc1ccc(C(OC[C@H]2O[C@@H](n3cnc4c(NC(=O)COc5ccccc5)nc(NC(=O)COc5ccccc5)nc43)[C@H](O[Si](C)(C)C(C)(C)C)[C@@H]2OP(=S)(OCCC#N)OC[C@H]2O[C@@H](n3cnc4c(NC(=O)COc5ccccc5)nc(NC(=O)COc5ccccc5)nc43)[C@H](O[Si](C)(C)C(C)(C)C)[C@@H]2O[PH](=O)O)(c2ccccc2)c2ccc(OC)cc2)cc1. The number of nitrogens with one attached hydrogen (secondary N) is 4. The summed E-state index contributed by atoms with van der Waals surface area (Å²) < 4.78 is 116. The van der Waals surface area contributed by atoms with Crippen molar-refractivity contribution in [2.24, 2.45) is 0 Å². The first-order chi connectivity index (χ1) is 60.8. The number of carbonyl (C=O) groups excluding carboxylic acids is 4. The lowest BCUT2D eigenvalue weighted by Gasteiger charge is -2.41. The van der Waals surface area contributed by atoms with Crippen LogP contribution in [-0.2, 0) is 82.3 Å². The van der Waals surface area contributed by atoms with E-state index in [0.29, 0.717) is 51.2 Å². The average molecular weight is 1830 g/mol. The Hall–Kier alpha value is -11.3. The van der Waals surface area contributed by atoms with Crippen molar-refractivity contribution in [2.45, 2.75) is 139 Å². The number of hydrogen-bond donors (Lipinski definition) is 5. The zero-order chi connectivity index (χ0) is 90.3. The number of rotatable bonds is 40. The molecule has 10 atom stereocenters. The Morgan fingerprint density at radius 3 is 1.23 bits per heavy atom. The largest absolute Gasteiger partial charge is 0.497 e. The van der Waals surface area contributed by atoms with Crippen molar-refractivity contribution in [2.75, 3.05) is 81.7 Å². The molecule has 0 radical (unpaired) electrons. The lowest BCUT2D eigenvalue weighted by molar-refractivity contribution is -0.119. The molecular weight excluding hydrogens is 1730 g/mol. The normalized spacial score (nSPS) is 18.6. The second-order valence-electron chi connectivity index (χ2n) is 32.6. The number of imidazole rings is 2. The first kappa shape index (κ1) is 93.4. The van der Waals surface area contributed by atoms with Crippen LogP contribution in [0.3, 0.4) is 0 Å². The summed E-state index contributed by atoms with van der Waals surface area (Å²) in [5, 5.41) is 20.2. The number of aromatic nitrogens is 8. The van der Waals surface area contributed by atoms with E-state index in [-0.39, 0.29) is 58.9 Å². The molecule has 5 N–H and O–H groups in total. The number of amides is 4. The zero-order valence-electron chi connectivity index (χ0n) is 72.0. The van der Waals surface area contributed by atoms with Crippen LogP contribution in [0.2, 0.25) is 36.3 Å². The maximum Gasteiger partial charge on any atom is 0.327 e. The third-order valence-corrected chi connectivity index (χ3v) is 33.7. The van der Waals surface area contributed by atoms with Gasteiger partial charge in [0.15, 0.2) is 89.5 Å². The van der Waals surface area contributed by atoms with E-state index in [1.54, 1.807) is 140 Å². The average Bonchev–Trinajstić information content (AvgIpc) is 1.70. The predicted octanol–water partition coefficient (Wildman–Crippen LogP) is 14.7. The summed E-state index contributed by atoms with van der Waals surface area (Å²) in [5.74, 6) is -0.844. The number of carbonyl (C=O) groups is 4. The fourth-order valence-electron chi connectivity index (χ4n) is 13.5. The first-order valence-electron chi connectivity index (χ1n) is 40.7. The molecule has 4 aromatic heterocycles. The van der Waals surface area contributed by atoms with Crippen LogP contribution in [0.4, 0.5) is 23.5 Å². The zero-order valence-corrected chi connectivity index (χ0v) is 76.7. The number of nitrogens with zero attached hydrogens (tertiary/aromatic N) is 9. The molecule has 7 aromatic carbocycles. The first-order valence-corrected chi connectivity index (χ1v) is 50.4. The molecule has 127 heavy (non-hydrogen) atoms. The number of benzene rings is 7. The van der Waals surface area contributed by atoms with Crippen LogP contribution >= 0.6 is 15.0 Å². The molecule has 13 rings (SSSR count). The molecule has 2 saturated heterocycles. The molecule has 2 unspecified atom stereocenters. The fraction of sp³-hybridized carbons (Fsp3) is 0.352. The highest BCUT2D eigenvalue weighted by Crippen LogP contribution is 2.57. The van der Waals surface area contributed by atoms with E-state index < -0.39 is 160 Å². The standard InChI is InChI=1S/C88H101N13O21P2SSi2/c1-86(2,3)126(9,10)121-76-74(119-123(106)107)67(118-82(76)100-55-90-72-78(92-68(102)51-110-62-31-20-14-21-32-62)96-84(98-80(72)100)94-70(104)53-112-64-35-24-16-25-36-64)50-116-124(125,115-48-28-47-89)120-75-66(49-114-88(57-29-18-13-19-30-57,58-39-43-60(108-7)44-40-58)59-41-45-61(109-8)46-42-59)117-83(77(75)122-127(11,12)87(4,5)6)101-56-91-73-79(93-69(103)52-111-63-33-22-15-23-34-63)97-85(99-81(73)101)95-71(105)54-113-65-37-26-17-27-38-65/h13-27,29-46,55-56,66-67,74-77,82-83,123H,28,48-54H2,1-12H3,(H,106,107)(H2,92,94,96,98,102,104)(H2,93,95,97,99,103,105)/t66-,67-,74-,75-,76-,77-,82-,83-,124?/m1/s1. The summed E-state index contributed by atoms with van der Waals surface area (Å²) in [5.41, 5.74) is 0.391. The third kappa shape index (κ3) is 23.0. The van der Waals surface area contributed by atoms with Crippen molar-refractivity contribution in [3.05, 3.63) is 230 Å². The molecule has 0 spiro atoms. The number of methoxy groups -OCH3 is 2. The van der Waals surface area contributed by atoms with E-state index in [0.717, 1.165) is 0 Å². The van der Waals surface area contributed by atoms with Crippen molar-refractivity contribution >= 4 is 113 Å². The number of fused-ring (bicyclic) bond motifs is 2. The van der Waals surface area contributed by atoms with Crippen LogP contribution in [0.5, 0.6) is 34.5 Å². The maximum absolute atomic E-state index is 14.2. The summed E-state index contributed by atoms with van der Waals surface area (Å²) in [4.78, 5) is 95.8. The van der Waals surface area contributed by atoms with Gasteiger partial charge in [0.1, 0.15) is 76.7 Å². The van der Waals surface area contributed by atoms with Gasteiger partial charge in [0.25, 0.3) is 23.6 Å². The Kier molecular flexibility index (Phi) is 30.3. The number of anilines is 4. The minimum Gasteiger partial charge on any atom is -0.497 e. The highest BCUT2D eigenvalue weighted by molar-refractivity contribution is 8.07. The van der Waals surface area contributed by atoms with Gasteiger partial charge < -0.3 is 80.6 Å². The Labute approximate surface area is 742 Å². The van der Waals surface area contributed by atoms with Crippen molar-refractivity contribution in [1.29, 1.82) is 5.26 Å². The van der Waals surface area contributed by atoms with E-state index in [4.69, 9.17) is 101 Å². The van der Waals surface area contributed by atoms with Gasteiger partial charge in [-0.05, 0) is 138 Å². The third-order valence-electron chi connectivity index (χ3n) is 21.9. The van der Waals surface area contributed by atoms with Crippen LogP contribution in [0.15, 0.2) is 213 Å². The molecule has 39 heteroatoms. The van der Waals surface area contributed by atoms with Gasteiger partial charge in [-0.2, -0.15) is 25.2 Å². The Morgan fingerprint density at radius 2 is 0.858 bits per heavy atom. The van der Waals surface area contributed by atoms with Crippen LogP contribution < -0.4 is 49.7 Å². The monoisotopic (exact) mass is 1830 g/mol. The summed E-state index contributed by atoms with van der Waals surface area (Å²) in [7, 11) is -7.12. The summed E-state index contributed by atoms with van der Waals surface area (Å²) >= 11 is 6.72. The van der Waals surface area contributed by atoms with Crippen LogP contribution in [0.25, 0.3) is 22.3 Å². The molecule has 2 aliphatic rings. The number of hydrogen-bond acceptors (Lipinski definition) is 28. The van der Waals surface area contributed by atoms with Crippen LogP contribution in [-0.4, -0.2) is 181 Å². The lowest BCUT2D eigenvalue weighted by atomic mass is 9.80. The maximum atomic E-state index is 14.2. The molecule has 0 bridgehead atoms. The molecule has 6 heterocycles. The van der Waals surface area contributed by atoms with Gasteiger partial charge in [0.05, 0.1) is 59.2 Å². The minimum absolute atomic E-state index is 0.00340. The number of ether oxygens (including phenoxy) is 9. The molecule has 34 nitrogen and oxygen atoms in total. The van der Waals surface area contributed by atoms with Gasteiger partial charge in [0, 0.05) is 0 Å². The van der Waals surface area contributed by atoms with Crippen molar-refractivity contribution in [3.8, 4) is 40.6 Å². The van der Waals surface area contributed by atoms with Gasteiger partial charge in [0.2, 0.25) is 11.9 Å². The molecule has 668 valence electrons. The van der Waals surface area contributed by atoms with Gasteiger partial charge in [-0.3, -0.25) is 48.0 Å². The quantitative estimate of drug-likeness (QED) is 0.0103. The number of nitriles is 1. The van der Waals surface area contributed by atoms with Crippen molar-refractivity contribution in [1.82, 2.24) is 39.0 Å². The van der Waals surface area contributed by atoms with Gasteiger partial charge >= 0.3 is 15.0 Å². The van der Waals surface area contributed by atoms with E-state index in [2.05, 4.69) is 37.3 Å². The van der Waals surface area contributed by atoms with E-state index in [9.17, 15) is 33.9 Å². The molecule has 0 saturated carbocycles. The number of para-hydroxylation sites is 4. The highest BCUT2D eigenvalue weighted by atomic mass is 32.5. The van der Waals surface area contributed by atoms with Gasteiger partial charge in [-0.25, -0.2) is 9.97 Å². The highest BCUT2D eigenvalue weighted by Gasteiger charge is 2.57. The smallest absolute Gasteiger partial charge is 0.327 e. The Balaban J connectivity index is 0.938. The Bertz CT molecular complexity index is 5670. The molecule has 0 aliphatic carbocycles. The summed E-state index contributed by atoms with van der Waals surface area (Å²) in [6.07, 6.45) is -8.77. The molecular formula is C88H101N13O21P2SSi2. The minimum atomic E-state index is -4.56. The molecule has 2 fully saturated rings. The van der Waals surface area contributed by atoms with Gasteiger partial charge in [-0.1, -0.05) is 169 Å². The van der Waals surface area contributed by atoms with Crippen molar-refractivity contribution < 1.29 is 98.2 Å². The molecule has 2 aliphatic heterocycles. The van der Waals surface area contributed by atoms with E-state index >= 15 is 0 Å². The Morgan fingerprint density at radius 1 is 0.496 bits per heavy atom. The topological polar surface area (TPSA) is 403 Å². The second-order valence-corrected chi connectivity index (χ2v) is 45.8. The lowest BCUT2D eigenvalue weighted by Crippen LogP contribution is -2.49. The second kappa shape index (κ2) is 41.2. The fourth-order valence-corrected chi connectivity index (χ4v) is 18.7. The molecule has 4 amide bonds. The van der Waals surface area contributed by atoms with E-state index in [1.165, 1.54) is 17.2 Å². The molecule has 11 aromatic rings. The van der Waals surface area contributed by atoms with Crippen molar-refractivity contribution in [3.63, 3.8) is 0 Å². The van der Waals surface area contributed by atoms with E-state index in [1.807, 2.05) is 147 Å². The van der Waals surface area contributed by atoms with Crippen LogP contribution in [0, 0.1) is 11.3 Å².